The van der Waals surface area contributed by atoms with Gasteiger partial charge in [-0.1, -0.05) is 24.3 Å². The van der Waals surface area contributed by atoms with Gasteiger partial charge in [-0.25, -0.2) is 0 Å². The van der Waals surface area contributed by atoms with Crippen LogP contribution >= 0.6 is 0 Å². The molecule has 0 N–H and O–H groups in total. The quantitative estimate of drug-likeness (QED) is 0.581. The molecule has 1 aromatic carbocycles. The van der Waals surface area contributed by atoms with Crippen LogP contribution in [0.2, 0.25) is 0 Å². The summed E-state index contributed by atoms with van der Waals surface area (Å²) in [6, 6.07) is 7.80. The summed E-state index contributed by atoms with van der Waals surface area (Å²) in [4.78, 5) is 30.1. The van der Waals surface area contributed by atoms with Crippen LogP contribution in [-0.2, 0) is 9.59 Å². The predicted molar refractivity (Wildman–Crippen MR) is 98.8 cm³/mol. The first-order valence-electron chi connectivity index (χ1n) is 8.30. The Morgan fingerprint density at radius 1 is 1.12 bits per heavy atom. The Labute approximate surface area is 149 Å². The minimum Gasteiger partial charge on any atom is -0.495 e. The van der Waals surface area contributed by atoms with E-state index in [2.05, 4.69) is 18.1 Å². The van der Waals surface area contributed by atoms with E-state index in [1.807, 2.05) is 24.3 Å². The molecule has 0 bridgehead atoms. The van der Waals surface area contributed by atoms with E-state index in [-0.39, 0.29) is 0 Å². The number of piperazine rings is 1. The molecule has 1 aromatic rings. The van der Waals surface area contributed by atoms with E-state index in [1.165, 1.54) is 4.90 Å². The van der Waals surface area contributed by atoms with E-state index in [0.717, 1.165) is 11.4 Å². The number of nitrogens with zero attached hydrogens (tertiary/aromatic N) is 3. The van der Waals surface area contributed by atoms with Crippen molar-refractivity contribution in [3.63, 3.8) is 0 Å². The lowest BCUT2D eigenvalue weighted by Crippen LogP contribution is -2.53. The lowest BCUT2D eigenvalue weighted by Gasteiger charge is -2.36. The number of rotatable bonds is 6. The van der Waals surface area contributed by atoms with Crippen LogP contribution in [0.4, 0.5) is 5.69 Å². The van der Waals surface area contributed by atoms with Crippen LogP contribution in [0.15, 0.2) is 49.6 Å². The molecular weight excluding hydrogens is 318 g/mol. The second kappa shape index (κ2) is 8.92. The number of carbonyl (C=O) groups is 2. The molecule has 0 aliphatic carbocycles. The summed E-state index contributed by atoms with van der Waals surface area (Å²) in [6.07, 6.45) is 3.21. The van der Waals surface area contributed by atoms with Crippen molar-refractivity contribution in [3.05, 3.63) is 49.6 Å². The highest BCUT2D eigenvalue weighted by molar-refractivity contribution is 6.35. The van der Waals surface area contributed by atoms with Crippen molar-refractivity contribution in [1.29, 1.82) is 0 Å². The molecule has 2 rings (SSSR count). The van der Waals surface area contributed by atoms with Gasteiger partial charge in [-0.15, -0.1) is 13.2 Å². The molecule has 0 atom stereocenters. The Morgan fingerprint density at radius 3 is 2.28 bits per heavy atom. The average Bonchev–Trinajstić information content (AvgIpc) is 2.66. The van der Waals surface area contributed by atoms with Crippen LogP contribution in [0.3, 0.4) is 0 Å². The van der Waals surface area contributed by atoms with Crippen LogP contribution in [0.1, 0.15) is 0 Å². The van der Waals surface area contributed by atoms with E-state index in [1.54, 1.807) is 24.2 Å². The summed E-state index contributed by atoms with van der Waals surface area (Å²) >= 11 is 0. The molecule has 0 saturated carbocycles. The molecule has 6 nitrogen and oxygen atoms in total. The van der Waals surface area contributed by atoms with E-state index < -0.39 is 11.8 Å². The van der Waals surface area contributed by atoms with Crippen molar-refractivity contribution in [2.75, 3.05) is 51.3 Å². The Bertz CT molecular complexity index is 627. The van der Waals surface area contributed by atoms with Gasteiger partial charge in [-0.05, 0) is 12.1 Å². The van der Waals surface area contributed by atoms with Gasteiger partial charge in [0.1, 0.15) is 5.75 Å². The molecule has 1 fully saturated rings. The number of methoxy groups -OCH3 is 1. The topological polar surface area (TPSA) is 53.1 Å². The Kier molecular flexibility index (Phi) is 6.62. The first-order valence-corrected chi connectivity index (χ1v) is 8.30. The highest BCUT2D eigenvalue weighted by atomic mass is 16.5. The molecule has 0 spiro atoms. The van der Waals surface area contributed by atoms with Crippen molar-refractivity contribution < 1.29 is 14.3 Å². The maximum atomic E-state index is 12.5. The van der Waals surface area contributed by atoms with Gasteiger partial charge in [0, 0.05) is 39.3 Å². The summed E-state index contributed by atoms with van der Waals surface area (Å²) in [6.45, 7) is 10.2. The summed E-state index contributed by atoms with van der Waals surface area (Å²) < 4.78 is 5.39. The molecule has 2 amide bonds. The van der Waals surface area contributed by atoms with Gasteiger partial charge < -0.3 is 19.4 Å². The Balaban J connectivity index is 1.99. The molecular formula is C19H25N3O3. The highest BCUT2D eigenvalue weighted by Gasteiger charge is 2.29. The monoisotopic (exact) mass is 343 g/mol. The fraction of sp³-hybridized carbons (Fsp3) is 0.368. The highest BCUT2D eigenvalue weighted by Crippen LogP contribution is 2.28. The number of anilines is 1. The summed E-state index contributed by atoms with van der Waals surface area (Å²) in [5.74, 6) is -0.171. The fourth-order valence-corrected chi connectivity index (χ4v) is 2.86. The van der Waals surface area contributed by atoms with Crippen LogP contribution in [-0.4, -0.2) is 68.0 Å². The molecule has 1 heterocycles. The standard InChI is InChI=1S/C19H25N3O3/c1-4-10-21(11-5-2)18(23)19(24)22-14-12-20(13-15-22)16-8-6-7-9-17(16)25-3/h4-9H,1-2,10-15H2,3H3. The zero-order chi connectivity index (χ0) is 18.2. The minimum absolute atomic E-state index is 0.331. The van der Waals surface area contributed by atoms with E-state index in [9.17, 15) is 9.59 Å². The number of amides is 2. The number of carbonyl (C=O) groups excluding carboxylic acids is 2. The second-order valence-corrected chi connectivity index (χ2v) is 5.74. The Morgan fingerprint density at radius 2 is 1.72 bits per heavy atom. The average molecular weight is 343 g/mol. The van der Waals surface area contributed by atoms with Crippen molar-refractivity contribution in [2.24, 2.45) is 0 Å². The van der Waals surface area contributed by atoms with Gasteiger partial charge >= 0.3 is 11.8 Å². The third kappa shape index (κ3) is 4.41. The first kappa shape index (κ1) is 18.6. The van der Waals surface area contributed by atoms with Gasteiger partial charge in [-0.3, -0.25) is 9.59 Å². The van der Waals surface area contributed by atoms with Gasteiger partial charge in [0.15, 0.2) is 0 Å². The third-order valence-corrected chi connectivity index (χ3v) is 4.16. The molecule has 1 aliphatic heterocycles. The third-order valence-electron chi connectivity index (χ3n) is 4.16. The molecule has 0 radical (unpaired) electrons. The molecule has 0 aromatic heterocycles. The van der Waals surface area contributed by atoms with Crippen LogP contribution in [0, 0.1) is 0 Å². The SMILES string of the molecule is C=CCN(CC=C)C(=O)C(=O)N1CCN(c2ccccc2OC)CC1. The molecule has 1 aliphatic rings. The van der Waals surface area contributed by atoms with E-state index in [4.69, 9.17) is 4.74 Å². The maximum absolute atomic E-state index is 12.5. The number of ether oxygens (including phenoxy) is 1. The number of benzene rings is 1. The minimum atomic E-state index is -0.509. The lowest BCUT2D eigenvalue weighted by atomic mass is 10.2. The van der Waals surface area contributed by atoms with Crippen molar-refractivity contribution in [3.8, 4) is 5.75 Å². The summed E-state index contributed by atoms with van der Waals surface area (Å²) in [5.41, 5.74) is 1.00. The first-order chi connectivity index (χ1) is 12.1. The largest absolute Gasteiger partial charge is 0.495 e. The molecule has 1 saturated heterocycles. The zero-order valence-corrected chi connectivity index (χ0v) is 14.7. The van der Waals surface area contributed by atoms with Crippen LogP contribution < -0.4 is 9.64 Å². The van der Waals surface area contributed by atoms with Gasteiger partial charge in [0.25, 0.3) is 0 Å². The maximum Gasteiger partial charge on any atom is 0.312 e. The summed E-state index contributed by atoms with van der Waals surface area (Å²) in [5, 5.41) is 0. The number of para-hydroxylation sites is 2. The summed E-state index contributed by atoms with van der Waals surface area (Å²) in [7, 11) is 1.64. The Hall–Kier alpha value is -2.76. The molecule has 134 valence electrons. The fourth-order valence-electron chi connectivity index (χ4n) is 2.86. The molecule has 25 heavy (non-hydrogen) atoms. The predicted octanol–water partition coefficient (Wildman–Crippen LogP) is 1.54. The van der Waals surface area contributed by atoms with E-state index in [0.29, 0.717) is 39.3 Å². The van der Waals surface area contributed by atoms with Crippen molar-refractivity contribution in [1.82, 2.24) is 9.80 Å². The van der Waals surface area contributed by atoms with Crippen LogP contribution in [0.5, 0.6) is 5.75 Å². The zero-order valence-electron chi connectivity index (χ0n) is 14.7. The lowest BCUT2D eigenvalue weighted by molar-refractivity contribution is -0.151. The number of hydrogen-bond acceptors (Lipinski definition) is 4. The second-order valence-electron chi connectivity index (χ2n) is 5.74. The van der Waals surface area contributed by atoms with Gasteiger partial charge in [0.05, 0.1) is 12.8 Å². The van der Waals surface area contributed by atoms with Crippen molar-refractivity contribution >= 4 is 17.5 Å². The molecule has 0 unspecified atom stereocenters. The van der Waals surface area contributed by atoms with Crippen molar-refractivity contribution in [2.45, 2.75) is 0 Å². The van der Waals surface area contributed by atoms with Crippen LogP contribution in [0.25, 0.3) is 0 Å². The van der Waals surface area contributed by atoms with Gasteiger partial charge in [0.2, 0.25) is 0 Å². The van der Waals surface area contributed by atoms with Gasteiger partial charge in [-0.2, -0.15) is 0 Å². The molecule has 6 heteroatoms. The smallest absolute Gasteiger partial charge is 0.312 e. The number of hydrogen-bond donors (Lipinski definition) is 0. The normalized spacial score (nSPS) is 14.0. The van der Waals surface area contributed by atoms with E-state index >= 15 is 0 Å².